The molecule has 0 aromatic carbocycles. The summed E-state index contributed by atoms with van der Waals surface area (Å²) in [5.41, 5.74) is -1.51. The molecule has 1 amide bonds. The zero-order valence-corrected chi connectivity index (χ0v) is 12.3. The molecule has 20 heavy (non-hydrogen) atoms. The van der Waals surface area contributed by atoms with Gasteiger partial charge in [0.15, 0.2) is 5.54 Å². The van der Waals surface area contributed by atoms with Crippen molar-refractivity contribution in [2.75, 3.05) is 39.3 Å². The minimum absolute atomic E-state index is 0.192. The van der Waals surface area contributed by atoms with Crippen molar-refractivity contribution >= 4 is 12.1 Å². The molecule has 0 radical (unpaired) electrons. The fraction of sp³-hybridized carbons (Fsp3) is 0.846. The molecule has 0 aliphatic carbocycles. The molecule has 0 aromatic rings. The second-order valence-corrected chi connectivity index (χ2v) is 6.41. The van der Waals surface area contributed by atoms with E-state index in [0.29, 0.717) is 13.1 Å². The first-order valence-electron chi connectivity index (χ1n) is 6.92. The summed E-state index contributed by atoms with van der Waals surface area (Å²) in [5.74, 6) is -0.862. The molecule has 2 saturated heterocycles. The molecule has 0 bridgehead atoms. The van der Waals surface area contributed by atoms with Crippen molar-refractivity contribution < 1.29 is 19.4 Å². The molecular weight excluding hydrogens is 262 g/mol. The van der Waals surface area contributed by atoms with Crippen LogP contribution in [0.2, 0.25) is 0 Å². The number of carbonyl (C=O) groups is 2. The summed E-state index contributed by atoms with van der Waals surface area (Å²) in [6.07, 6.45) is -0.440. The van der Waals surface area contributed by atoms with Crippen molar-refractivity contribution in [3.8, 4) is 0 Å². The molecule has 2 heterocycles. The summed E-state index contributed by atoms with van der Waals surface area (Å²) < 4.78 is 5.27. The lowest BCUT2D eigenvalue weighted by atomic mass is 9.87. The largest absolute Gasteiger partial charge is 0.480 e. The number of likely N-dealkylation sites (tertiary alicyclic amines) is 1. The molecule has 0 atom stereocenters. The Hall–Kier alpha value is -1.34. The lowest BCUT2D eigenvalue weighted by Crippen LogP contribution is -2.76. The molecule has 2 fully saturated rings. The van der Waals surface area contributed by atoms with E-state index in [9.17, 15) is 14.7 Å². The van der Waals surface area contributed by atoms with Crippen LogP contribution in [0.3, 0.4) is 0 Å². The maximum absolute atomic E-state index is 11.9. The Morgan fingerprint density at radius 1 is 1.20 bits per heavy atom. The highest BCUT2D eigenvalue weighted by Crippen LogP contribution is 2.30. The van der Waals surface area contributed by atoms with Crippen molar-refractivity contribution in [2.24, 2.45) is 0 Å². The van der Waals surface area contributed by atoms with Crippen LogP contribution in [0, 0.1) is 0 Å². The van der Waals surface area contributed by atoms with Crippen LogP contribution in [0.15, 0.2) is 0 Å². The topological polar surface area (TPSA) is 82.1 Å². The first-order valence-corrected chi connectivity index (χ1v) is 6.92. The van der Waals surface area contributed by atoms with E-state index in [4.69, 9.17) is 4.74 Å². The minimum Gasteiger partial charge on any atom is -0.480 e. The van der Waals surface area contributed by atoms with Gasteiger partial charge in [0.1, 0.15) is 5.60 Å². The van der Waals surface area contributed by atoms with Gasteiger partial charge >= 0.3 is 12.1 Å². The van der Waals surface area contributed by atoms with E-state index in [1.807, 2.05) is 4.90 Å². The number of carboxylic acid groups (broad SMARTS) is 1. The number of nitrogens with one attached hydrogen (secondary N) is 1. The van der Waals surface area contributed by atoms with E-state index in [1.165, 1.54) is 4.90 Å². The van der Waals surface area contributed by atoms with Crippen molar-refractivity contribution in [3.63, 3.8) is 0 Å². The third-order valence-corrected chi connectivity index (χ3v) is 3.68. The Balaban J connectivity index is 1.98. The van der Waals surface area contributed by atoms with Gasteiger partial charge in [0.25, 0.3) is 0 Å². The van der Waals surface area contributed by atoms with Crippen LogP contribution < -0.4 is 5.32 Å². The lowest BCUT2D eigenvalue weighted by molar-refractivity contribution is -0.164. The zero-order valence-electron chi connectivity index (χ0n) is 12.3. The molecule has 2 N–H and O–H groups in total. The summed E-state index contributed by atoms with van der Waals surface area (Å²) in [6.45, 7) is 8.71. The highest BCUT2D eigenvalue weighted by atomic mass is 16.6. The maximum Gasteiger partial charge on any atom is 0.410 e. The Labute approximate surface area is 118 Å². The van der Waals surface area contributed by atoms with Gasteiger partial charge in [-0.15, -0.1) is 0 Å². The van der Waals surface area contributed by atoms with Gasteiger partial charge in [0.2, 0.25) is 0 Å². The Morgan fingerprint density at radius 2 is 1.75 bits per heavy atom. The van der Waals surface area contributed by atoms with Crippen molar-refractivity contribution in [3.05, 3.63) is 0 Å². The van der Waals surface area contributed by atoms with Crippen LogP contribution >= 0.6 is 0 Å². The zero-order chi connectivity index (χ0) is 15.0. The molecule has 7 heteroatoms. The average molecular weight is 285 g/mol. The molecule has 114 valence electrons. The van der Waals surface area contributed by atoms with Gasteiger partial charge in [-0.3, -0.25) is 9.69 Å². The molecule has 7 nitrogen and oxygen atoms in total. The number of hydrogen-bond donors (Lipinski definition) is 2. The summed E-state index contributed by atoms with van der Waals surface area (Å²) in [6, 6.07) is 0. The fourth-order valence-corrected chi connectivity index (χ4v) is 2.60. The van der Waals surface area contributed by atoms with E-state index in [-0.39, 0.29) is 13.1 Å². The Morgan fingerprint density at radius 3 is 2.20 bits per heavy atom. The predicted octanol–water partition coefficient (Wildman–Crippen LogP) is -0.0343. The van der Waals surface area contributed by atoms with Gasteiger partial charge < -0.3 is 20.1 Å². The van der Waals surface area contributed by atoms with Gasteiger partial charge in [-0.05, 0) is 20.8 Å². The van der Waals surface area contributed by atoms with Crippen LogP contribution in [-0.4, -0.2) is 77.4 Å². The van der Waals surface area contributed by atoms with Crippen molar-refractivity contribution in [1.29, 1.82) is 0 Å². The van der Waals surface area contributed by atoms with Crippen molar-refractivity contribution in [1.82, 2.24) is 15.1 Å². The van der Waals surface area contributed by atoms with Crippen LogP contribution in [-0.2, 0) is 9.53 Å². The smallest absolute Gasteiger partial charge is 0.410 e. The molecule has 0 saturated carbocycles. The second kappa shape index (κ2) is 5.21. The SMILES string of the molecule is CC(C)(C)OC(=O)N1CC(C(=O)O)(N2CCNCC2)C1. The molecule has 0 spiro atoms. The highest BCUT2D eigenvalue weighted by Gasteiger charge is 2.56. The number of hydrogen-bond acceptors (Lipinski definition) is 5. The summed E-state index contributed by atoms with van der Waals surface area (Å²) in [5, 5.41) is 12.7. The van der Waals surface area contributed by atoms with E-state index in [0.717, 1.165) is 13.1 Å². The van der Waals surface area contributed by atoms with Crippen molar-refractivity contribution in [2.45, 2.75) is 31.9 Å². The number of rotatable bonds is 2. The Bertz CT molecular complexity index is 393. The van der Waals surface area contributed by atoms with Crippen LogP contribution in [0.1, 0.15) is 20.8 Å². The van der Waals surface area contributed by atoms with Gasteiger partial charge in [0, 0.05) is 26.2 Å². The van der Waals surface area contributed by atoms with Gasteiger partial charge in [0.05, 0.1) is 13.1 Å². The Kier molecular flexibility index (Phi) is 3.93. The number of carbonyl (C=O) groups excluding carboxylic acids is 1. The highest BCUT2D eigenvalue weighted by molar-refractivity contribution is 5.84. The van der Waals surface area contributed by atoms with Crippen LogP contribution in [0.25, 0.3) is 0 Å². The maximum atomic E-state index is 11.9. The summed E-state index contributed by atoms with van der Waals surface area (Å²) in [4.78, 5) is 26.9. The molecule has 2 aliphatic heterocycles. The monoisotopic (exact) mass is 285 g/mol. The number of nitrogens with zero attached hydrogens (tertiary/aromatic N) is 2. The quantitative estimate of drug-likeness (QED) is 0.741. The van der Waals surface area contributed by atoms with E-state index < -0.39 is 23.2 Å². The summed E-state index contributed by atoms with van der Waals surface area (Å²) >= 11 is 0. The third kappa shape index (κ3) is 2.88. The third-order valence-electron chi connectivity index (χ3n) is 3.68. The molecule has 2 rings (SSSR count). The first-order chi connectivity index (χ1) is 9.24. The molecule has 0 aromatic heterocycles. The second-order valence-electron chi connectivity index (χ2n) is 6.41. The van der Waals surface area contributed by atoms with E-state index >= 15 is 0 Å². The van der Waals surface area contributed by atoms with Gasteiger partial charge in [-0.2, -0.15) is 0 Å². The normalized spacial score (nSPS) is 23.1. The standard InChI is InChI=1S/C13H23N3O4/c1-12(2,3)20-11(19)15-8-13(9-15,10(17)18)16-6-4-14-5-7-16/h14H,4-9H2,1-3H3,(H,17,18). The number of piperazine rings is 1. The number of amides is 1. The van der Waals surface area contributed by atoms with Crippen LogP contribution in [0.5, 0.6) is 0 Å². The predicted molar refractivity (Wildman–Crippen MR) is 72.6 cm³/mol. The summed E-state index contributed by atoms with van der Waals surface area (Å²) in [7, 11) is 0. The van der Waals surface area contributed by atoms with E-state index in [2.05, 4.69) is 5.32 Å². The number of ether oxygens (including phenoxy) is 1. The lowest BCUT2D eigenvalue weighted by Gasteiger charge is -2.53. The first kappa shape index (κ1) is 15.1. The van der Waals surface area contributed by atoms with Gasteiger partial charge in [-0.1, -0.05) is 0 Å². The average Bonchev–Trinajstić information content (AvgIpc) is 2.26. The molecule has 2 aliphatic rings. The van der Waals surface area contributed by atoms with E-state index in [1.54, 1.807) is 20.8 Å². The molecule has 0 unspecified atom stereocenters. The number of aliphatic carboxylic acids is 1. The van der Waals surface area contributed by atoms with Gasteiger partial charge in [-0.25, -0.2) is 4.79 Å². The molecular formula is C13H23N3O4. The number of carboxylic acids is 1. The fourth-order valence-electron chi connectivity index (χ4n) is 2.60. The minimum atomic E-state index is -0.945. The van der Waals surface area contributed by atoms with Crippen LogP contribution in [0.4, 0.5) is 4.79 Å².